The first-order valence-electron chi connectivity index (χ1n) is 6.06. The van der Waals surface area contributed by atoms with Gasteiger partial charge in [0.15, 0.2) is 0 Å². The van der Waals surface area contributed by atoms with E-state index in [1.54, 1.807) is 0 Å². The second-order valence-electron chi connectivity index (χ2n) is 4.61. The molecule has 0 amide bonds. The van der Waals surface area contributed by atoms with Crippen LogP contribution in [0.25, 0.3) is 0 Å². The molecule has 0 aliphatic carbocycles. The van der Waals surface area contributed by atoms with Crippen LogP contribution in [-0.4, -0.2) is 11.0 Å². The maximum absolute atomic E-state index is 4.39. The molecule has 0 saturated heterocycles. The molecule has 1 heterocycles. The average molecular weight is 364 g/mol. The minimum atomic E-state index is 0.530. The fraction of sp³-hybridized carbons (Fsp3) is 0.615. The van der Waals surface area contributed by atoms with E-state index in [4.69, 9.17) is 0 Å². The van der Waals surface area contributed by atoms with Crippen LogP contribution < -0.4 is 5.32 Å². The van der Waals surface area contributed by atoms with Crippen LogP contribution in [0.5, 0.6) is 0 Å². The lowest BCUT2D eigenvalue weighted by Crippen LogP contribution is -2.27. The Hall–Kier alpha value is 0.0700. The summed E-state index contributed by atoms with van der Waals surface area (Å²) in [6.07, 6.45) is 4.29. The molecule has 0 saturated carbocycles. The predicted molar refractivity (Wildman–Crippen MR) is 80.0 cm³/mol. The number of aromatic nitrogens is 1. The molecule has 0 radical (unpaired) electrons. The largest absolute Gasteiger partial charge is 0.309 e. The van der Waals surface area contributed by atoms with Crippen molar-refractivity contribution in [3.63, 3.8) is 0 Å². The van der Waals surface area contributed by atoms with Gasteiger partial charge in [0.1, 0.15) is 0 Å². The topological polar surface area (TPSA) is 24.9 Å². The lowest BCUT2D eigenvalue weighted by atomic mass is 10.0. The number of rotatable bonds is 6. The minimum absolute atomic E-state index is 0.530. The van der Waals surface area contributed by atoms with E-state index < -0.39 is 0 Å². The summed E-state index contributed by atoms with van der Waals surface area (Å²) in [5.74, 6) is 0.777. The van der Waals surface area contributed by atoms with Crippen molar-refractivity contribution in [2.24, 2.45) is 5.92 Å². The molecule has 4 heteroatoms. The van der Waals surface area contributed by atoms with Gasteiger partial charge in [0.25, 0.3) is 0 Å². The van der Waals surface area contributed by atoms with Crippen molar-refractivity contribution < 1.29 is 0 Å². The highest BCUT2D eigenvalue weighted by atomic mass is 79.9. The van der Waals surface area contributed by atoms with E-state index in [2.05, 4.69) is 62.9 Å². The summed E-state index contributed by atoms with van der Waals surface area (Å²) in [7, 11) is 0. The number of hydrogen-bond acceptors (Lipinski definition) is 2. The Morgan fingerprint density at radius 3 is 2.65 bits per heavy atom. The zero-order valence-electron chi connectivity index (χ0n) is 10.6. The molecule has 1 aromatic heterocycles. The van der Waals surface area contributed by atoms with Crippen LogP contribution in [0, 0.1) is 5.92 Å². The minimum Gasteiger partial charge on any atom is -0.309 e. The number of halogens is 2. The third-order valence-corrected chi connectivity index (χ3v) is 4.08. The van der Waals surface area contributed by atoms with Gasteiger partial charge < -0.3 is 5.32 Å². The predicted octanol–water partition coefficient (Wildman–Crippen LogP) is 4.52. The van der Waals surface area contributed by atoms with E-state index in [9.17, 15) is 0 Å². The normalized spacial score (nSPS) is 14.6. The van der Waals surface area contributed by atoms with Gasteiger partial charge in [-0.25, -0.2) is 0 Å². The summed E-state index contributed by atoms with van der Waals surface area (Å²) < 4.78 is 2.05. The van der Waals surface area contributed by atoms with E-state index in [-0.39, 0.29) is 0 Å². The highest BCUT2D eigenvalue weighted by molar-refractivity contribution is 9.11. The van der Waals surface area contributed by atoms with E-state index in [0.29, 0.717) is 6.04 Å². The lowest BCUT2D eigenvalue weighted by Gasteiger charge is -2.17. The Morgan fingerprint density at radius 2 is 2.06 bits per heavy atom. The molecule has 0 spiro atoms. The van der Waals surface area contributed by atoms with Crippen LogP contribution in [0.2, 0.25) is 0 Å². The van der Waals surface area contributed by atoms with Crippen molar-refractivity contribution >= 4 is 31.9 Å². The van der Waals surface area contributed by atoms with Gasteiger partial charge in [0.2, 0.25) is 0 Å². The van der Waals surface area contributed by atoms with Gasteiger partial charge in [-0.3, -0.25) is 4.98 Å². The van der Waals surface area contributed by atoms with Gasteiger partial charge in [-0.05, 0) is 57.2 Å². The van der Waals surface area contributed by atoms with Gasteiger partial charge in [-0.2, -0.15) is 0 Å². The van der Waals surface area contributed by atoms with Gasteiger partial charge >= 0.3 is 0 Å². The molecule has 0 aliphatic rings. The smallest absolute Gasteiger partial charge is 0.0684 e. The van der Waals surface area contributed by atoms with Gasteiger partial charge in [0.05, 0.1) is 5.69 Å². The summed E-state index contributed by atoms with van der Waals surface area (Å²) in [6.45, 7) is 7.58. The van der Waals surface area contributed by atoms with E-state index in [1.165, 1.54) is 12.8 Å². The van der Waals surface area contributed by atoms with Crippen molar-refractivity contribution in [1.29, 1.82) is 0 Å². The Bertz CT molecular complexity index is 355. The summed E-state index contributed by atoms with van der Waals surface area (Å²) in [5, 5.41) is 3.52. The molecule has 2 unspecified atom stereocenters. The van der Waals surface area contributed by atoms with Crippen molar-refractivity contribution in [2.75, 3.05) is 0 Å². The molecule has 17 heavy (non-hydrogen) atoms. The summed E-state index contributed by atoms with van der Waals surface area (Å²) >= 11 is 6.93. The summed E-state index contributed by atoms with van der Waals surface area (Å²) in [5.41, 5.74) is 1.06. The first-order valence-corrected chi connectivity index (χ1v) is 7.64. The van der Waals surface area contributed by atoms with Gasteiger partial charge in [0, 0.05) is 27.7 Å². The molecule has 0 aromatic carbocycles. The molecular formula is C13H20Br2N2. The highest BCUT2D eigenvalue weighted by Gasteiger charge is 2.08. The van der Waals surface area contributed by atoms with Crippen LogP contribution in [-0.2, 0) is 6.54 Å². The van der Waals surface area contributed by atoms with Crippen molar-refractivity contribution in [3.05, 3.63) is 26.9 Å². The van der Waals surface area contributed by atoms with Crippen LogP contribution in [0.4, 0.5) is 0 Å². The molecule has 2 atom stereocenters. The van der Waals surface area contributed by atoms with E-state index in [0.717, 1.165) is 27.1 Å². The Balaban J connectivity index is 2.44. The SMILES string of the molecule is CCC(C)CC(C)NCc1ncc(Br)cc1Br. The molecule has 1 aromatic rings. The second kappa shape index (κ2) is 7.49. The highest BCUT2D eigenvalue weighted by Crippen LogP contribution is 2.19. The zero-order chi connectivity index (χ0) is 12.8. The Kier molecular flexibility index (Phi) is 6.67. The summed E-state index contributed by atoms with van der Waals surface area (Å²) in [6, 6.07) is 2.56. The van der Waals surface area contributed by atoms with E-state index in [1.807, 2.05) is 12.3 Å². The number of hydrogen-bond donors (Lipinski definition) is 1. The van der Waals surface area contributed by atoms with Crippen LogP contribution in [0.1, 0.15) is 39.3 Å². The molecule has 0 fully saturated rings. The molecule has 2 nitrogen and oxygen atoms in total. The third kappa shape index (κ3) is 5.49. The number of nitrogens with zero attached hydrogens (tertiary/aromatic N) is 1. The first kappa shape index (κ1) is 15.1. The number of nitrogens with one attached hydrogen (secondary N) is 1. The molecular weight excluding hydrogens is 344 g/mol. The quantitative estimate of drug-likeness (QED) is 0.803. The maximum Gasteiger partial charge on any atom is 0.0684 e. The van der Waals surface area contributed by atoms with Crippen LogP contribution in [0.3, 0.4) is 0 Å². The summed E-state index contributed by atoms with van der Waals surface area (Å²) in [4.78, 5) is 4.39. The molecule has 0 bridgehead atoms. The third-order valence-electron chi connectivity index (χ3n) is 2.95. The number of pyridine rings is 1. The molecule has 1 N–H and O–H groups in total. The van der Waals surface area contributed by atoms with Crippen LogP contribution in [0.15, 0.2) is 21.2 Å². The van der Waals surface area contributed by atoms with Crippen LogP contribution >= 0.6 is 31.9 Å². The van der Waals surface area contributed by atoms with Crippen molar-refractivity contribution in [1.82, 2.24) is 10.3 Å². The second-order valence-corrected chi connectivity index (χ2v) is 6.38. The standard InChI is InChI=1S/C13H20Br2N2/c1-4-9(2)5-10(3)16-8-13-12(15)6-11(14)7-17-13/h6-7,9-10,16H,4-5,8H2,1-3H3. The van der Waals surface area contributed by atoms with E-state index >= 15 is 0 Å². The monoisotopic (exact) mass is 362 g/mol. The average Bonchev–Trinajstić information content (AvgIpc) is 2.27. The molecule has 96 valence electrons. The van der Waals surface area contributed by atoms with Gasteiger partial charge in [-0.1, -0.05) is 20.3 Å². The van der Waals surface area contributed by atoms with Gasteiger partial charge in [-0.15, -0.1) is 0 Å². The first-order chi connectivity index (χ1) is 8.02. The molecule has 1 rings (SSSR count). The Morgan fingerprint density at radius 1 is 1.35 bits per heavy atom. The Labute approximate surface area is 121 Å². The fourth-order valence-electron chi connectivity index (χ4n) is 1.70. The maximum atomic E-state index is 4.39. The fourth-order valence-corrected chi connectivity index (χ4v) is 2.83. The molecule has 0 aliphatic heterocycles. The zero-order valence-corrected chi connectivity index (χ0v) is 13.8. The van der Waals surface area contributed by atoms with Crippen molar-refractivity contribution in [2.45, 2.75) is 46.2 Å². The lowest BCUT2D eigenvalue weighted by molar-refractivity contribution is 0.410. The van der Waals surface area contributed by atoms with Crippen molar-refractivity contribution in [3.8, 4) is 0 Å².